The Balaban J connectivity index is 2.27. The molecule has 0 aliphatic heterocycles. The molecule has 0 N–H and O–H groups in total. The van der Waals surface area contributed by atoms with E-state index >= 15 is 0 Å². The summed E-state index contributed by atoms with van der Waals surface area (Å²) < 4.78 is 6.15. The van der Waals surface area contributed by atoms with Crippen LogP contribution in [-0.2, 0) is 4.74 Å². The van der Waals surface area contributed by atoms with Crippen molar-refractivity contribution >= 4 is 24.3 Å². The molecule has 0 aliphatic rings. The molecular formula is C11H14O2Se. The SMILES string of the molecule is CCCCOC(=O)[Se]c1ccccc1. The Bertz CT molecular complexity index is 272. The van der Waals surface area contributed by atoms with E-state index in [9.17, 15) is 4.79 Å². The molecule has 0 heterocycles. The molecule has 0 amide bonds. The zero-order chi connectivity index (χ0) is 10.2. The van der Waals surface area contributed by atoms with Crippen LogP contribution in [0.2, 0.25) is 0 Å². The molecule has 14 heavy (non-hydrogen) atoms. The molecule has 0 unspecified atom stereocenters. The molecule has 1 aromatic carbocycles. The van der Waals surface area contributed by atoms with Crippen LogP contribution in [0.5, 0.6) is 0 Å². The maximum absolute atomic E-state index is 11.3. The average molecular weight is 257 g/mol. The molecule has 0 bridgehead atoms. The van der Waals surface area contributed by atoms with Gasteiger partial charge in [-0.25, -0.2) is 0 Å². The van der Waals surface area contributed by atoms with Gasteiger partial charge in [0, 0.05) is 0 Å². The summed E-state index contributed by atoms with van der Waals surface area (Å²) in [5, 5.41) is 0. The fourth-order valence-corrected chi connectivity index (χ4v) is 2.23. The van der Waals surface area contributed by atoms with Crippen LogP contribution in [0.1, 0.15) is 19.8 Å². The first kappa shape index (κ1) is 11.3. The van der Waals surface area contributed by atoms with E-state index in [0.29, 0.717) is 6.61 Å². The Morgan fingerprint density at radius 1 is 1.36 bits per heavy atom. The van der Waals surface area contributed by atoms with Gasteiger partial charge in [0.05, 0.1) is 0 Å². The van der Waals surface area contributed by atoms with Gasteiger partial charge in [0.15, 0.2) is 0 Å². The number of ether oxygens (including phenoxy) is 1. The average Bonchev–Trinajstić information content (AvgIpc) is 2.20. The van der Waals surface area contributed by atoms with Crippen molar-refractivity contribution in [2.24, 2.45) is 0 Å². The topological polar surface area (TPSA) is 26.3 Å². The molecule has 0 aliphatic carbocycles. The van der Waals surface area contributed by atoms with Gasteiger partial charge in [-0.2, -0.15) is 0 Å². The van der Waals surface area contributed by atoms with Crippen molar-refractivity contribution in [1.82, 2.24) is 0 Å². The zero-order valence-corrected chi connectivity index (χ0v) is 9.95. The van der Waals surface area contributed by atoms with Crippen molar-refractivity contribution in [3.8, 4) is 0 Å². The van der Waals surface area contributed by atoms with Crippen LogP contribution in [0.25, 0.3) is 0 Å². The fourth-order valence-electron chi connectivity index (χ4n) is 0.914. The monoisotopic (exact) mass is 258 g/mol. The summed E-state index contributed by atoms with van der Waals surface area (Å²) >= 11 is -0.186. The molecule has 0 aromatic heterocycles. The van der Waals surface area contributed by atoms with Gasteiger partial charge in [0.1, 0.15) is 0 Å². The second kappa shape index (κ2) is 6.63. The van der Waals surface area contributed by atoms with Crippen molar-refractivity contribution in [2.45, 2.75) is 19.8 Å². The third-order valence-electron chi connectivity index (χ3n) is 1.66. The summed E-state index contributed by atoms with van der Waals surface area (Å²) in [5.74, 6) is 0. The van der Waals surface area contributed by atoms with E-state index in [1.54, 1.807) is 0 Å². The molecule has 0 spiro atoms. The molecule has 0 fully saturated rings. The van der Waals surface area contributed by atoms with Crippen LogP contribution in [0.4, 0.5) is 4.79 Å². The third-order valence-corrected chi connectivity index (χ3v) is 3.32. The van der Waals surface area contributed by atoms with Crippen molar-refractivity contribution in [3.63, 3.8) is 0 Å². The third kappa shape index (κ3) is 4.45. The van der Waals surface area contributed by atoms with Crippen LogP contribution in [0, 0.1) is 0 Å². The van der Waals surface area contributed by atoms with E-state index in [1.165, 1.54) is 0 Å². The minimum absolute atomic E-state index is 0.0721. The summed E-state index contributed by atoms with van der Waals surface area (Å²) in [5.41, 5.74) is 0. The fraction of sp³-hybridized carbons (Fsp3) is 0.364. The van der Waals surface area contributed by atoms with E-state index in [0.717, 1.165) is 17.3 Å². The maximum atomic E-state index is 11.3. The van der Waals surface area contributed by atoms with Gasteiger partial charge >= 0.3 is 90.5 Å². The van der Waals surface area contributed by atoms with Gasteiger partial charge in [-0.3, -0.25) is 0 Å². The van der Waals surface area contributed by atoms with Crippen molar-refractivity contribution in [3.05, 3.63) is 30.3 Å². The van der Waals surface area contributed by atoms with E-state index in [2.05, 4.69) is 6.92 Å². The predicted molar refractivity (Wildman–Crippen MR) is 58.1 cm³/mol. The molecule has 0 saturated carbocycles. The number of rotatable bonds is 5. The van der Waals surface area contributed by atoms with E-state index < -0.39 is 0 Å². The standard InChI is InChI=1S/C11H14O2Se/c1-2-3-9-13-11(12)14-10-7-5-4-6-8-10/h4-8H,2-3,9H2,1H3. The number of benzene rings is 1. The van der Waals surface area contributed by atoms with Crippen LogP contribution in [0.3, 0.4) is 0 Å². The number of hydrogen-bond donors (Lipinski definition) is 0. The van der Waals surface area contributed by atoms with E-state index in [-0.39, 0.29) is 19.8 Å². The Hall–Kier alpha value is -0.791. The molecule has 1 rings (SSSR count). The summed E-state index contributed by atoms with van der Waals surface area (Å²) in [4.78, 5) is 11.2. The molecule has 0 atom stereocenters. The van der Waals surface area contributed by atoms with Gasteiger partial charge in [0.2, 0.25) is 0 Å². The Morgan fingerprint density at radius 2 is 2.07 bits per heavy atom. The molecule has 0 saturated heterocycles. The number of carbonyl (C=O) groups excluding carboxylic acids is 1. The van der Waals surface area contributed by atoms with Crippen LogP contribution in [-0.4, -0.2) is 26.4 Å². The summed E-state index contributed by atoms with van der Waals surface area (Å²) in [6.07, 6.45) is 2.02. The number of unbranched alkanes of at least 4 members (excludes halogenated alkanes) is 1. The number of carbonyl (C=O) groups is 1. The zero-order valence-electron chi connectivity index (χ0n) is 8.23. The first-order chi connectivity index (χ1) is 6.83. The summed E-state index contributed by atoms with van der Waals surface area (Å²) in [6.45, 7) is 2.64. The summed E-state index contributed by atoms with van der Waals surface area (Å²) in [7, 11) is 0. The van der Waals surface area contributed by atoms with Crippen LogP contribution in [0.15, 0.2) is 30.3 Å². The van der Waals surface area contributed by atoms with Crippen molar-refractivity contribution < 1.29 is 9.53 Å². The first-order valence-corrected chi connectivity index (χ1v) is 6.44. The van der Waals surface area contributed by atoms with E-state index in [4.69, 9.17) is 4.74 Å². The Morgan fingerprint density at radius 3 is 2.71 bits per heavy atom. The predicted octanol–water partition coefficient (Wildman–Crippen LogP) is 1.95. The first-order valence-electron chi connectivity index (χ1n) is 4.72. The molecule has 0 radical (unpaired) electrons. The quantitative estimate of drug-likeness (QED) is 0.595. The molecular weight excluding hydrogens is 243 g/mol. The van der Waals surface area contributed by atoms with E-state index in [1.807, 2.05) is 30.3 Å². The summed E-state index contributed by atoms with van der Waals surface area (Å²) in [6, 6.07) is 9.75. The van der Waals surface area contributed by atoms with Crippen LogP contribution < -0.4 is 4.46 Å². The van der Waals surface area contributed by atoms with Gasteiger partial charge in [-0.05, 0) is 0 Å². The Labute approximate surface area is 90.8 Å². The number of hydrogen-bond acceptors (Lipinski definition) is 2. The van der Waals surface area contributed by atoms with Crippen molar-refractivity contribution in [2.75, 3.05) is 6.61 Å². The van der Waals surface area contributed by atoms with Gasteiger partial charge < -0.3 is 0 Å². The molecule has 76 valence electrons. The molecule has 1 aromatic rings. The van der Waals surface area contributed by atoms with Gasteiger partial charge in [-0.1, -0.05) is 0 Å². The molecule has 2 nitrogen and oxygen atoms in total. The van der Waals surface area contributed by atoms with Crippen LogP contribution >= 0.6 is 0 Å². The second-order valence-corrected chi connectivity index (χ2v) is 4.98. The minimum atomic E-state index is -0.186. The second-order valence-electron chi connectivity index (χ2n) is 2.87. The normalized spacial score (nSPS) is 9.79. The Kier molecular flexibility index (Phi) is 5.35. The molecule has 3 heteroatoms. The van der Waals surface area contributed by atoms with Crippen molar-refractivity contribution in [1.29, 1.82) is 0 Å². The van der Waals surface area contributed by atoms with Gasteiger partial charge in [0.25, 0.3) is 0 Å². The van der Waals surface area contributed by atoms with Gasteiger partial charge in [-0.15, -0.1) is 0 Å².